The van der Waals surface area contributed by atoms with Crippen LogP contribution in [0.1, 0.15) is 30.9 Å². The van der Waals surface area contributed by atoms with E-state index < -0.39 is 0 Å². The van der Waals surface area contributed by atoms with Gasteiger partial charge < -0.3 is 5.32 Å². The van der Waals surface area contributed by atoms with Gasteiger partial charge in [-0.05, 0) is 70.0 Å². The summed E-state index contributed by atoms with van der Waals surface area (Å²) in [4.78, 5) is 11.8. The van der Waals surface area contributed by atoms with Gasteiger partial charge in [-0.1, -0.05) is 38.1 Å². The zero-order chi connectivity index (χ0) is 15.2. The van der Waals surface area contributed by atoms with Gasteiger partial charge >= 0.3 is 0 Å². The third-order valence-electron chi connectivity index (χ3n) is 3.14. The van der Waals surface area contributed by atoms with Crippen LogP contribution in [0.4, 0.5) is 5.69 Å². The monoisotopic (exact) mass is 391 g/mol. The first-order valence-electron chi connectivity index (χ1n) is 6.89. The van der Waals surface area contributed by atoms with Crippen molar-refractivity contribution in [1.29, 1.82) is 0 Å². The summed E-state index contributed by atoms with van der Waals surface area (Å²) in [5.74, 6) is 0.399. The largest absolute Gasteiger partial charge is 0.323 e. The molecule has 21 heavy (non-hydrogen) atoms. The maximum atomic E-state index is 11.8. The van der Waals surface area contributed by atoms with Crippen LogP contribution in [0.25, 0.3) is 6.08 Å². The fourth-order valence-electron chi connectivity index (χ4n) is 1.88. The van der Waals surface area contributed by atoms with Crippen molar-refractivity contribution >= 4 is 40.3 Å². The minimum absolute atomic E-state index is 0.121. The van der Waals surface area contributed by atoms with Crippen LogP contribution in [0.15, 0.2) is 54.6 Å². The fourth-order valence-corrected chi connectivity index (χ4v) is 2.24. The zero-order valence-corrected chi connectivity index (χ0v) is 14.3. The smallest absolute Gasteiger partial charge is 0.248 e. The molecule has 0 unspecified atom stereocenters. The number of carbonyl (C=O) groups excluding carboxylic acids is 1. The van der Waals surface area contributed by atoms with E-state index in [1.807, 2.05) is 42.5 Å². The summed E-state index contributed by atoms with van der Waals surface area (Å²) in [6, 6.07) is 16.0. The van der Waals surface area contributed by atoms with Crippen molar-refractivity contribution < 1.29 is 4.79 Å². The van der Waals surface area contributed by atoms with Crippen molar-refractivity contribution in [3.63, 3.8) is 0 Å². The third-order valence-corrected chi connectivity index (χ3v) is 3.86. The molecule has 2 rings (SSSR count). The van der Waals surface area contributed by atoms with Gasteiger partial charge in [0.05, 0.1) is 0 Å². The lowest BCUT2D eigenvalue weighted by Crippen LogP contribution is -2.07. The van der Waals surface area contributed by atoms with Crippen LogP contribution < -0.4 is 5.32 Å². The average molecular weight is 391 g/mol. The molecular formula is C18H18INO. The average Bonchev–Trinajstić information content (AvgIpc) is 2.48. The highest BCUT2D eigenvalue weighted by atomic mass is 127. The number of carbonyl (C=O) groups is 1. The van der Waals surface area contributed by atoms with Crippen molar-refractivity contribution in [1.82, 2.24) is 0 Å². The normalized spacial score (nSPS) is 11.0. The van der Waals surface area contributed by atoms with Crippen LogP contribution in [0.3, 0.4) is 0 Å². The Labute approximate surface area is 139 Å². The lowest BCUT2D eigenvalue weighted by atomic mass is 10.0. The Balaban J connectivity index is 1.96. The lowest BCUT2D eigenvalue weighted by Gasteiger charge is -2.05. The summed E-state index contributed by atoms with van der Waals surface area (Å²) in [5.41, 5.74) is 3.13. The summed E-state index contributed by atoms with van der Waals surface area (Å²) in [7, 11) is 0. The maximum Gasteiger partial charge on any atom is 0.248 e. The number of halogens is 1. The van der Waals surface area contributed by atoms with E-state index in [1.54, 1.807) is 6.08 Å². The van der Waals surface area contributed by atoms with Crippen LogP contribution >= 0.6 is 22.6 Å². The van der Waals surface area contributed by atoms with Crippen LogP contribution in [0, 0.1) is 3.57 Å². The van der Waals surface area contributed by atoms with E-state index in [9.17, 15) is 4.79 Å². The number of nitrogens with one attached hydrogen (secondary N) is 1. The first kappa shape index (κ1) is 15.8. The van der Waals surface area contributed by atoms with Crippen LogP contribution in [-0.4, -0.2) is 5.91 Å². The van der Waals surface area contributed by atoms with E-state index in [0.29, 0.717) is 5.92 Å². The molecule has 2 nitrogen and oxygen atoms in total. The van der Waals surface area contributed by atoms with Crippen LogP contribution in [0.5, 0.6) is 0 Å². The highest BCUT2D eigenvalue weighted by molar-refractivity contribution is 14.1. The SMILES string of the molecule is CC(C)c1ccc(C=CC(=O)Nc2ccc(I)cc2)cc1. The van der Waals surface area contributed by atoms with E-state index in [-0.39, 0.29) is 5.91 Å². The fraction of sp³-hybridized carbons (Fsp3) is 0.167. The van der Waals surface area contributed by atoms with E-state index in [2.05, 4.69) is 53.9 Å². The molecule has 0 aliphatic rings. The van der Waals surface area contributed by atoms with Crippen molar-refractivity contribution in [2.45, 2.75) is 19.8 Å². The predicted octanol–water partition coefficient (Wildman–Crippen LogP) is 5.07. The number of hydrogen-bond acceptors (Lipinski definition) is 1. The van der Waals surface area contributed by atoms with Gasteiger partial charge in [0.2, 0.25) is 5.91 Å². The molecule has 0 aliphatic carbocycles. The van der Waals surface area contributed by atoms with Gasteiger partial charge in [-0.25, -0.2) is 0 Å². The number of benzene rings is 2. The molecular weight excluding hydrogens is 373 g/mol. The molecule has 0 aromatic heterocycles. The topological polar surface area (TPSA) is 29.1 Å². The molecule has 0 atom stereocenters. The van der Waals surface area contributed by atoms with Gasteiger partial charge in [-0.15, -0.1) is 0 Å². The molecule has 108 valence electrons. The van der Waals surface area contributed by atoms with Crippen LogP contribution in [-0.2, 0) is 4.79 Å². The zero-order valence-electron chi connectivity index (χ0n) is 12.1. The molecule has 0 aliphatic heterocycles. The van der Waals surface area contributed by atoms with E-state index in [0.717, 1.165) is 14.8 Å². The Kier molecular flexibility index (Phi) is 5.56. The quantitative estimate of drug-likeness (QED) is 0.573. The summed E-state index contributed by atoms with van der Waals surface area (Å²) in [6.07, 6.45) is 3.38. The molecule has 0 bridgehead atoms. The standard InChI is InChI=1S/C18H18INO/c1-13(2)15-6-3-14(4-7-15)5-12-18(21)20-17-10-8-16(19)9-11-17/h3-13H,1-2H3,(H,20,21). The van der Waals surface area contributed by atoms with Gasteiger partial charge in [-0.3, -0.25) is 4.79 Å². The first-order chi connectivity index (χ1) is 10.0. The summed E-state index contributed by atoms with van der Waals surface area (Å²) in [6.45, 7) is 4.33. The number of amides is 1. The Morgan fingerprint density at radius 1 is 1.05 bits per heavy atom. The first-order valence-corrected chi connectivity index (χ1v) is 7.97. The molecule has 3 heteroatoms. The molecule has 1 amide bonds. The second kappa shape index (κ2) is 7.41. The Morgan fingerprint density at radius 3 is 2.24 bits per heavy atom. The molecule has 2 aromatic carbocycles. The van der Waals surface area contributed by atoms with Gasteiger partial charge in [0.1, 0.15) is 0 Å². The molecule has 0 saturated heterocycles. The van der Waals surface area contributed by atoms with E-state index in [4.69, 9.17) is 0 Å². The Morgan fingerprint density at radius 2 is 1.67 bits per heavy atom. The summed E-state index contributed by atoms with van der Waals surface area (Å²) in [5, 5.41) is 2.84. The van der Waals surface area contributed by atoms with E-state index >= 15 is 0 Å². The molecule has 0 saturated carbocycles. The van der Waals surface area contributed by atoms with Crippen molar-refractivity contribution in [2.24, 2.45) is 0 Å². The second-order valence-electron chi connectivity index (χ2n) is 5.15. The predicted molar refractivity (Wildman–Crippen MR) is 97.4 cm³/mol. The minimum atomic E-state index is -0.121. The Hall–Kier alpha value is -1.62. The van der Waals surface area contributed by atoms with Crippen molar-refractivity contribution in [3.8, 4) is 0 Å². The molecule has 1 N–H and O–H groups in total. The second-order valence-corrected chi connectivity index (χ2v) is 6.40. The Bertz CT molecular complexity index is 627. The highest BCUT2D eigenvalue weighted by Crippen LogP contribution is 2.15. The van der Waals surface area contributed by atoms with Crippen LogP contribution in [0.2, 0.25) is 0 Å². The van der Waals surface area contributed by atoms with Crippen molar-refractivity contribution in [3.05, 3.63) is 69.3 Å². The number of hydrogen-bond donors (Lipinski definition) is 1. The van der Waals surface area contributed by atoms with Gasteiger partial charge in [-0.2, -0.15) is 0 Å². The van der Waals surface area contributed by atoms with Crippen molar-refractivity contribution in [2.75, 3.05) is 5.32 Å². The third kappa shape index (κ3) is 5.01. The molecule has 0 spiro atoms. The lowest BCUT2D eigenvalue weighted by molar-refractivity contribution is -0.111. The van der Waals surface area contributed by atoms with Gasteiger partial charge in [0.25, 0.3) is 0 Å². The summed E-state index contributed by atoms with van der Waals surface area (Å²) < 4.78 is 1.14. The van der Waals surface area contributed by atoms with E-state index in [1.165, 1.54) is 5.56 Å². The minimum Gasteiger partial charge on any atom is -0.323 e. The number of rotatable bonds is 4. The highest BCUT2D eigenvalue weighted by Gasteiger charge is 1.99. The molecule has 0 radical (unpaired) electrons. The summed E-state index contributed by atoms with van der Waals surface area (Å²) >= 11 is 2.23. The van der Waals surface area contributed by atoms with Gasteiger partial charge in [0.15, 0.2) is 0 Å². The molecule has 0 heterocycles. The van der Waals surface area contributed by atoms with Gasteiger partial charge in [0, 0.05) is 15.3 Å². The molecule has 0 fully saturated rings. The number of anilines is 1. The maximum absolute atomic E-state index is 11.8. The molecule has 2 aromatic rings.